The fourth-order valence-corrected chi connectivity index (χ4v) is 0. The number of hydrogen-bond donors (Lipinski definition) is 2. The zero-order valence-corrected chi connectivity index (χ0v) is 3.18. The summed E-state index contributed by atoms with van der Waals surface area (Å²) in [5.41, 5.74) is 0. The van der Waals surface area contributed by atoms with Gasteiger partial charge in [0.1, 0.15) is 0 Å². The Labute approximate surface area is 77.6 Å². The van der Waals surface area contributed by atoms with Crippen molar-refractivity contribution in [3.05, 3.63) is 0 Å². The summed E-state index contributed by atoms with van der Waals surface area (Å²) >= 11 is 0. The predicted molar refractivity (Wildman–Crippen MR) is 27.3 cm³/mol. The summed E-state index contributed by atoms with van der Waals surface area (Å²) in [6, 6.07) is 0. The van der Waals surface area contributed by atoms with E-state index in [9.17, 15) is 0 Å². The molecule has 6 heavy (non-hydrogen) atoms. The van der Waals surface area contributed by atoms with Crippen molar-refractivity contribution < 1.29 is 10.2 Å². The summed E-state index contributed by atoms with van der Waals surface area (Å²) < 4.78 is 0. The van der Waals surface area contributed by atoms with Crippen LogP contribution in [0.3, 0.4) is 0 Å². The molecule has 0 aromatic rings. The van der Waals surface area contributed by atoms with E-state index in [1.54, 1.807) is 0 Å². The summed E-state index contributed by atoms with van der Waals surface area (Å²) in [5.74, 6) is 0. The third-order valence-corrected chi connectivity index (χ3v) is 0.264. The molecule has 0 heterocycles. The molecule has 1 unspecified atom stereocenters. The fourth-order valence-electron chi connectivity index (χ4n) is 0. The number of hydrogen-bond acceptors (Lipinski definition) is 2. The van der Waals surface area contributed by atoms with Crippen molar-refractivity contribution in [3.8, 4) is 0 Å². The van der Waals surface area contributed by atoms with Crippen molar-refractivity contribution in [2.45, 2.75) is 13.0 Å². The molecular formula is C3H10BaO2. The average Bonchev–Trinajstić information content (AvgIpc) is 1.38. The zero-order chi connectivity index (χ0) is 4.28. The van der Waals surface area contributed by atoms with Crippen molar-refractivity contribution in [2.24, 2.45) is 0 Å². The standard InChI is InChI=1S/C3H8O2.Ba.2H/c1-3(5)2-4;;;/h3-5H,2H2,1H3;;;. The molecule has 2 N–H and O–H groups in total. The molecule has 0 aromatic carbocycles. The normalized spacial score (nSPS) is 12.5. The minimum atomic E-state index is -0.560. The molecule has 0 saturated carbocycles. The summed E-state index contributed by atoms with van der Waals surface area (Å²) in [5, 5.41) is 16.0. The van der Waals surface area contributed by atoms with Crippen molar-refractivity contribution in [1.82, 2.24) is 0 Å². The number of aliphatic hydroxyl groups excluding tert-OH is 2. The van der Waals surface area contributed by atoms with Crippen LogP contribution in [0.5, 0.6) is 0 Å². The second kappa shape index (κ2) is 6.49. The van der Waals surface area contributed by atoms with Crippen LogP contribution >= 0.6 is 0 Å². The van der Waals surface area contributed by atoms with Crippen LogP contribution in [-0.4, -0.2) is 71.8 Å². The van der Waals surface area contributed by atoms with E-state index < -0.39 is 6.10 Å². The van der Waals surface area contributed by atoms with E-state index in [0.717, 1.165) is 0 Å². The van der Waals surface area contributed by atoms with E-state index >= 15 is 0 Å². The second-order valence-electron chi connectivity index (χ2n) is 1.03. The van der Waals surface area contributed by atoms with E-state index in [-0.39, 0.29) is 55.5 Å². The van der Waals surface area contributed by atoms with Gasteiger partial charge in [-0.3, -0.25) is 0 Å². The Kier molecular flexibility index (Phi) is 11.3. The molecule has 0 aliphatic rings. The van der Waals surface area contributed by atoms with Crippen LogP contribution < -0.4 is 0 Å². The van der Waals surface area contributed by atoms with Crippen LogP contribution in [0.25, 0.3) is 0 Å². The van der Waals surface area contributed by atoms with Gasteiger partial charge in [0.2, 0.25) is 0 Å². The summed E-state index contributed by atoms with van der Waals surface area (Å²) in [4.78, 5) is 0. The molecule has 2 nitrogen and oxygen atoms in total. The van der Waals surface area contributed by atoms with Gasteiger partial charge in [-0.2, -0.15) is 0 Å². The van der Waals surface area contributed by atoms with Crippen LogP contribution in [-0.2, 0) is 0 Å². The first kappa shape index (κ1) is 10.5. The topological polar surface area (TPSA) is 40.5 Å². The third kappa shape index (κ3) is 9.09. The summed E-state index contributed by atoms with van der Waals surface area (Å²) in [6.07, 6.45) is -0.560. The third-order valence-electron chi connectivity index (χ3n) is 0.264. The van der Waals surface area contributed by atoms with Crippen LogP contribution in [0.4, 0.5) is 0 Å². The Morgan fingerprint density at radius 1 is 1.67 bits per heavy atom. The van der Waals surface area contributed by atoms with Crippen LogP contribution in [0.1, 0.15) is 6.92 Å². The van der Waals surface area contributed by atoms with Gasteiger partial charge in [-0.05, 0) is 6.92 Å². The van der Waals surface area contributed by atoms with Crippen LogP contribution in [0.15, 0.2) is 0 Å². The van der Waals surface area contributed by atoms with Gasteiger partial charge in [0.05, 0.1) is 12.7 Å². The molecule has 0 bridgehead atoms. The van der Waals surface area contributed by atoms with E-state index in [0.29, 0.717) is 0 Å². The molecule has 36 valence electrons. The van der Waals surface area contributed by atoms with Gasteiger partial charge in [-0.1, -0.05) is 0 Å². The first-order valence-electron chi connectivity index (χ1n) is 1.56. The fraction of sp³-hybridized carbons (Fsp3) is 1.00. The molecule has 0 fully saturated rings. The minimum absolute atomic E-state index is 0. The maximum atomic E-state index is 8.11. The van der Waals surface area contributed by atoms with E-state index in [4.69, 9.17) is 10.2 Å². The van der Waals surface area contributed by atoms with Gasteiger partial charge >= 0.3 is 48.9 Å². The average molecular weight is 215 g/mol. The first-order chi connectivity index (χ1) is 2.27. The Morgan fingerprint density at radius 3 is 1.83 bits per heavy atom. The Bertz CT molecular complexity index is 22.8. The van der Waals surface area contributed by atoms with Gasteiger partial charge < -0.3 is 10.2 Å². The van der Waals surface area contributed by atoms with Crippen molar-refractivity contribution in [3.63, 3.8) is 0 Å². The second-order valence-corrected chi connectivity index (χ2v) is 1.03. The molecular weight excluding hydrogens is 205 g/mol. The van der Waals surface area contributed by atoms with Crippen molar-refractivity contribution in [2.75, 3.05) is 6.61 Å². The maximum absolute atomic E-state index is 8.11. The van der Waals surface area contributed by atoms with Gasteiger partial charge in [0.15, 0.2) is 0 Å². The molecule has 0 radical (unpaired) electrons. The van der Waals surface area contributed by atoms with Crippen molar-refractivity contribution >= 4 is 48.9 Å². The van der Waals surface area contributed by atoms with Crippen LogP contribution in [0, 0.1) is 0 Å². The van der Waals surface area contributed by atoms with Crippen LogP contribution in [0.2, 0.25) is 0 Å². The number of rotatable bonds is 1. The molecule has 0 saturated heterocycles. The Balaban J connectivity index is 0. The molecule has 3 heteroatoms. The quantitative estimate of drug-likeness (QED) is 0.520. The van der Waals surface area contributed by atoms with E-state index in [1.165, 1.54) is 6.92 Å². The molecule has 0 rings (SSSR count). The van der Waals surface area contributed by atoms with E-state index in [2.05, 4.69) is 0 Å². The molecule has 0 aliphatic carbocycles. The summed E-state index contributed by atoms with van der Waals surface area (Å²) in [7, 11) is 0. The van der Waals surface area contributed by atoms with Gasteiger partial charge in [-0.15, -0.1) is 0 Å². The summed E-state index contributed by atoms with van der Waals surface area (Å²) in [6.45, 7) is 1.39. The molecule has 0 aliphatic heterocycles. The predicted octanol–water partition coefficient (Wildman–Crippen LogP) is -1.56. The Morgan fingerprint density at radius 2 is 1.83 bits per heavy atom. The molecule has 0 aromatic heterocycles. The molecule has 0 amide bonds. The van der Waals surface area contributed by atoms with Gasteiger partial charge in [-0.25, -0.2) is 0 Å². The molecule has 1 atom stereocenters. The monoisotopic (exact) mass is 216 g/mol. The van der Waals surface area contributed by atoms with Gasteiger partial charge in [0.25, 0.3) is 0 Å². The number of aliphatic hydroxyl groups is 2. The molecule has 0 spiro atoms. The van der Waals surface area contributed by atoms with Gasteiger partial charge in [0, 0.05) is 0 Å². The SMILES string of the molecule is CC(O)CO.[BaH2]. The van der Waals surface area contributed by atoms with E-state index in [1.807, 2.05) is 0 Å². The van der Waals surface area contributed by atoms with Crippen molar-refractivity contribution in [1.29, 1.82) is 0 Å². The Hall–Kier alpha value is 1.49. The zero-order valence-electron chi connectivity index (χ0n) is 3.18. The first-order valence-corrected chi connectivity index (χ1v) is 1.56.